The Balaban J connectivity index is 0.000000277. The third-order valence-electron chi connectivity index (χ3n) is 5.30. The second-order valence-corrected chi connectivity index (χ2v) is 7.65. The highest BCUT2D eigenvalue weighted by molar-refractivity contribution is 6.10. The lowest BCUT2D eigenvalue weighted by atomic mass is 9.99. The van der Waals surface area contributed by atoms with Gasteiger partial charge in [-0.2, -0.15) is 0 Å². The van der Waals surface area contributed by atoms with Crippen LogP contribution < -0.4 is 10.6 Å². The number of aliphatic carboxylic acids is 2. The topological polar surface area (TPSA) is 172 Å². The molecular weight excluding hydrogens is 449 g/mol. The maximum Gasteiger partial charge on any atom is 0.335 e. The first-order valence-electron chi connectivity index (χ1n) is 10.3. The quantitative estimate of drug-likeness (QED) is 0.276. The summed E-state index contributed by atoms with van der Waals surface area (Å²) in [6, 6.07) is 11.0. The molecule has 2 atom stereocenters. The normalized spacial score (nSPS) is 14.4. The highest BCUT2D eigenvalue weighted by atomic mass is 19.1. The van der Waals surface area contributed by atoms with Crippen LogP contribution in [-0.2, 0) is 22.6 Å². The molecule has 4 rings (SSSR count). The lowest BCUT2D eigenvalue weighted by Crippen LogP contribution is -2.39. The van der Waals surface area contributed by atoms with E-state index < -0.39 is 30.0 Å². The minimum atomic E-state index is -2.27. The van der Waals surface area contributed by atoms with Gasteiger partial charge in [0.05, 0.1) is 5.56 Å². The van der Waals surface area contributed by atoms with Crippen molar-refractivity contribution in [2.75, 3.05) is 13.6 Å². The molecule has 0 saturated carbocycles. The van der Waals surface area contributed by atoms with Gasteiger partial charge >= 0.3 is 11.9 Å². The lowest BCUT2D eigenvalue weighted by Gasteiger charge is -2.07. The van der Waals surface area contributed by atoms with Crippen LogP contribution in [0, 0.1) is 5.82 Å². The smallest absolute Gasteiger partial charge is 0.335 e. The number of rotatable bonds is 6. The standard InChI is InChI=1S/C19H18FN3O.C4H6O6/c1-21-10-11-2-4-12(5-3-11)18-14-6-7-22-19(24)15-8-13(20)9-16(23-18)17(14)15;5-1(3(7)8)2(6)4(9)10/h2-5,8-9,21,23H,6-7,10H2,1H3,(H,22,24);1-2,5-6H,(H,7,8)(H,9,10). The van der Waals surface area contributed by atoms with Gasteiger partial charge in [0.25, 0.3) is 5.91 Å². The summed E-state index contributed by atoms with van der Waals surface area (Å²) in [4.78, 5) is 35.1. The Hall–Kier alpha value is -3.80. The molecule has 2 unspecified atom stereocenters. The number of aliphatic hydroxyl groups is 2. The number of aromatic amines is 1. The van der Waals surface area contributed by atoms with Crippen molar-refractivity contribution in [3.63, 3.8) is 0 Å². The predicted octanol–water partition coefficient (Wildman–Crippen LogP) is 0.857. The van der Waals surface area contributed by atoms with E-state index >= 15 is 0 Å². The molecule has 0 radical (unpaired) electrons. The van der Waals surface area contributed by atoms with Crippen molar-refractivity contribution in [2.45, 2.75) is 25.2 Å². The average Bonchev–Trinajstić information content (AvgIpc) is 3.07. The molecule has 2 aromatic carbocycles. The maximum absolute atomic E-state index is 13.9. The molecule has 10 nitrogen and oxygen atoms in total. The van der Waals surface area contributed by atoms with Crippen molar-refractivity contribution in [1.82, 2.24) is 15.6 Å². The van der Waals surface area contributed by atoms with Crippen molar-refractivity contribution < 1.29 is 39.2 Å². The maximum atomic E-state index is 13.9. The molecule has 180 valence electrons. The largest absolute Gasteiger partial charge is 0.479 e. The van der Waals surface area contributed by atoms with Gasteiger partial charge in [-0.15, -0.1) is 0 Å². The number of aliphatic hydroxyl groups excluding tert-OH is 2. The summed E-state index contributed by atoms with van der Waals surface area (Å²) >= 11 is 0. The number of hydrogen-bond donors (Lipinski definition) is 7. The summed E-state index contributed by atoms with van der Waals surface area (Å²) < 4.78 is 13.9. The molecule has 0 saturated heterocycles. The summed E-state index contributed by atoms with van der Waals surface area (Å²) in [5.74, 6) is -4.16. The fourth-order valence-corrected chi connectivity index (χ4v) is 3.70. The number of H-pyrrole nitrogens is 1. The van der Waals surface area contributed by atoms with Crippen molar-refractivity contribution >= 4 is 28.7 Å². The van der Waals surface area contributed by atoms with E-state index in [-0.39, 0.29) is 5.91 Å². The molecule has 0 bridgehead atoms. The van der Waals surface area contributed by atoms with E-state index in [4.69, 9.17) is 20.4 Å². The summed E-state index contributed by atoms with van der Waals surface area (Å²) in [6.07, 6.45) is -3.81. The molecule has 11 heteroatoms. The third kappa shape index (κ3) is 5.22. The third-order valence-corrected chi connectivity index (χ3v) is 5.30. The minimum Gasteiger partial charge on any atom is -0.479 e. The van der Waals surface area contributed by atoms with Gasteiger partial charge < -0.3 is 36.0 Å². The number of aromatic nitrogens is 1. The van der Waals surface area contributed by atoms with Crippen LogP contribution >= 0.6 is 0 Å². The molecule has 0 aliphatic carbocycles. The Kier molecular flexibility index (Phi) is 7.61. The van der Waals surface area contributed by atoms with Gasteiger partial charge in [-0.3, -0.25) is 4.79 Å². The first kappa shape index (κ1) is 24.8. The Morgan fingerprint density at radius 2 is 1.71 bits per heavy atom. The van der Waals surface area contributed by atoms with Crippen LogP contribution in [-0.4, -0.2) is 69.1 Å². The van der Waals surface area contributed by atoms with Crippen LogP contribution in [0.2, 0.25) is 0 Å². The number of carboxylic acids is 2. The molecule has 1 aromatic heterocycles. The number of halogens is 1. The summed E-state index contributed by atoms with van der Waals surface area (Å²) in [5.41, 5.74) is 5.36. The predicted molar refractivity (Wildman–Crippen MR) is 120 cm³/mol. The minimum absolute atomic E-state index is 0.215. The van der Waals surface area contributed by atoms with Crippen molar-refractivity contribution in [1.29, 1.82) is 0 Å². The monoisotopic (exact) mass is 473 g/mol. The second kappa shape index (κ2) is 10.4. The van der Waals surface area contributed by atoms with Crippen LogP contribution in [0.15, 0.2) is 36.4 Å². The van der Waals surface area contributed by atoms with E-state index in [1.165, 1.54) is 17.7 Å². The van der Waals surface area contributed by atoms with Gasteiger partial charge in [0, 0.05) is 29.7 Å². The van der Waals surface area contributed by atoms with Crippen molar-refractivity contribution in [3.8, 4) is 11.3 Å². The molecule has 1 amide bonds. The molecule has 2 heterocycles. The van der Waals surface area contributed by atoms with Gasteiger partial charge in [0.2, 0.25) is 0 Å². The van der Waals surface area contributed by atoms with E-state index in [2.05, 4.69) is 39.9 Å². The van der Waals surface area contributed by atoms with Gasteiger partial charge in [0.1, 0.15) is 5.82 Å². The molecule has 34 heavy (non-hydrogen) atoms. The number of benzene rings is 2. The van der Waals surface area contributed by atoms with Crippen LogP contribution in [0.4, 0.5) is 4.39 Å². The zero-order chi connectivity index (χ0) is 25.0. The average molecular weight is 473 g/mol. The lowest BCUT2D eigenvalue weighted by molar-refractivity contribution is -0.165. The van der Waals surface area contributed by atoms with Gasteiger partial charge in [-0.1, -0.05) is 24.3 Å². The van der Waals surface area contributed by atoms with E-state index in [1.54, 1.807) is 0 Å². The number of carboxylic acid groups (broad SMARTS) is 2. The second-order valence-electron chi connectivity index (χ2n) is 7.65. The molecule has 3 aromatic rings. The molecule has 1 aliphatic heterocycles. The molecule has 0 spiro atoms. The first-order valence-corrected chi connectivity index (χ1v) is 10.3. The fourth-order valence-electron chi connectivity index (χ4n) is 3.70. The van der Waals surface area contributed by atoms with Gasteiger partial charge in [-0.25, -0.2) is 14.0 Å². The van der Waals surface area contributed by atoms with E-state index in [0.29, 0.717) is 17.6 Å². The van der Waals surface area contributed by atoms with E-state index in [9.17, 15) is 18.8 Å². The van der Waals surface area contributed by atoms with Gasteiger partial charge in [0.15, 0.2) is 12.2 Å². The molecule has 1 aliphatic rings. The fraction of sp³-hybridized carbons (Fsp3) is 0.261. The van der Waals surface area contributed by atoms with E-state index in [1.807, 2.05) is 7.05 Å². The van der Waals surface area contributed by atoms with Crippen LogP contribution in [0.3, 0.4) is 0 Å². The van der Waals surface area contributed by atoms with E-state index in [0.717, 1.165) is 35.2 Å². The van der Waals surface area contributed by atoms with Crippen LogP contribution in [0.5, 0.6) is 0 Å². The summed E-state index contributed by atoms with van der Waals surface area (Å²) in [7, 11) is 1.92. The van der Waals surface area contributed by atoms with Crippen molar-refractivity contribution in [2.24, 2.45) is 0 Å². The number of amides is 1. The number of carbonyl (C=O) groups is 3. The van der Waals surface area contributed by atoms with Crippen LogP contribution in [0.1, 0.15) is 21.5 Å². The Labute approximate surface area is 193 Å². The van der Waals surface area contributed by atoms with Crippen LogP contribution in [0.25, 0.3) is 22.2 Å². The highest BCUT2D eigenvalue weighted by Gasteiger charge is 2.29. The highest BCUT2D eigenvalue weighted by Crippen LogP contribution is 2.34. The van der Waals surface area contributed by atoms with Gasteiger partial charge in [-0.05, 0) is 42.3 Å². The Bertz CT molecular complexity index is 1210. The summed E-state index contributed by atoms with van der Waals surface area (Å²) in [5, 5.41) is 39.3. The Morgan fingerprint density at radius 1 is 1.09 bits per heavy atom. The SMILES string of the molecule is CNCc1ccc(-c2[nH]c3cc(F)cc4c3c2CCNC4=O)cc1.O=C(O)C(O)C(O)C(=O)O. The number of hydrogen-bond acceptors (Lipinski definition) is 6. The molecular formula is C23H24FN3O7. The van der Waals surface area contributed by atoms with Crippen molar-refractivity contribution in [3.05, 3.63) is 58.9 Å². The summed E-state index contributed by atoms with van der Waals surface area (Å²) in [6.45, 7) is 1.36. The zero-order valence-corrected chi connectivity index (χ0v) is 18.1. The Morgan fingerprint density at radius 3 is 2.26 bits per heavy atom. The number of nitrogens with one attached hydrogen (secondary N) is 3. The molecule has 0 fully saturated rings. The number of carbonyl (C=O) groups excluding carboxylic acids is 1. The first-order chi connectivity index (χ1) is 16.1. The zero-order valence-electron chi connectivity index (χ0n) is 18.1. The molecule has 7 N–H and O–H groups in total.